The topological polar surface area (TPSA) is 54.3 Å². The van der Waals surface area contributed by atoms with Gasteiger partial charge in [-0.15, -0.1) is 0 Å². The average molecular weight is 341 g/mol. The molecule has 1 amide bonds. The highest BCUT2D eigenvalue weighted by molar-refractivity contribution is 5.82. The zero-order valence-corrected chi connectivity index (χ0v) is 15.3. The van der Waals surface area contributed by atoms with Crippen LogP contribution >= 0.6 is 0 Å². The van der Waals surface area contributed by atoms with Crippen LogP contribution in [0.4, 0.5) is 0 Å². The summed E-state index contributed by atoms with van der Waals surface area (Å²) in [5.41, 5.74) is 0.971. The Labute approximate surface area is 148 Å². The first-order valence-corrected chi connectivity index (χ1v) is 8.97. The zero-order valence-electron chi connectivity index (χ0n) is 15.3. The van der Waals surface area contributed by atoms with E-state index in [0.717, 1.165) is 31.4 Å². The number of pyridine rings is 1. The maximum atomic E-state index is 12.5. The molecule has 2 heterocycles. The van der Waals surface area contributed by atoms with Crippen molar-refractivity contribution in [1.29, 1.82) is 0 Å². The van der Waals surface area contributed by atoms with Crippen molar-refractivity contribution in [3.63, 3.8) is 0 Å². The van der Waals surface area contributed by atoms with Gasteiger partial charge < -0.3 is 9.88 Å². The molecule has 3 rings (SSSR count). The summed E-state index contributed by atoms with van der Waals surface area (Å²) >= 11 is 0. The molecule has 1 aromatic carbocycles. The lowest BCUT2D eigenvalue weighted by molar-refractivity contribution is -0.122. The summed E-state index contributed by atoms with van der Waals surface area (Å²) in [6, 6.07) is 9.17. The van der Waals surface area contributed by atoms with Crippen LogP contribution in [0.1, 0.15) is 33.6 Å². The summed E-state index contributed by atoms with van der Waals surface area (Å²) in [5, 5.41) is 3.80. The summed E-state index contributed by atoms with van der Waals surface area (Å²) in [5.74, 6) is 0.00279. The number of amides is 1. The number of carbonyl (C=O) groups is 1. The second-order valence-electron chi connectivity index (χ2n) is 7.82. The highest BCUT2D eigenvalue weighted by Gasteiger charge is 2.27. The quantitative estimate of drug-likeness (QED) is 0.933. The van der Waals surface area contributed by atoms with Crippen LogP contribution in [0.15, 0.2) is 41.3 Å². The molecule has 5 heteroatoms. The van der Waals surface area contributed by atoms with Gasteiger partial charge in [0.1, 0.15) is 6.54 Å². The lowest BCUT2D eigenvalue weighted by Gasteiger charge is -2.41. The van der Waals surface area contributed by atoms with Gasteiger partial charge in [-0.2, -0.15) is 0 Å². The number of aromatic nitrogens is 1. The van der Waals surface area contributed by atoms with Crippen LogP contribution in [0.2, 0.25) is 0 Å². The molecular weight excluding hydrogens is 314 g/mol. The van der Waals surface area contributed by atoms with Gasteiger partial charge in [0, 0.05) is 42.3 Å². The molecule has 0 spiro atoms. The molecule has 0 radical (unpaired) electrons. The van der Waals surface area contributed by atoms with Crippen molar-refractivity contribution in [1.82, 2.24) is 14.8 Å². The maximum Gasteiger partial charge on any atom is 0.240 e. The van der Waals surface area contributed by atoms with Crippen LogP contribution in [0.5, 0.6) is 0 Å². The minimum atomic E-state index is -0.0122. The molecule has 2 aromatic rings. The van der Waals surface area contributed by atoms with E-state index in [0.29, 0.717) is 5.39 Å². The van der Waals surface area contributed by atoms with Crippen molar-refractivity contribution in [2.75, 3.05) is 13.1 Å². The molecule has 1 aliphatic rings. The molecule has 134 valence electrons. The molecule has 1 aromatic heterocycles. The third-order valence-corrected chi connectivity index (χ3v) is 5.01. The Bertz CT molecular complexity index is 812. The van der Waals surface area contributed by atoms with Gasteiger partial charge >= 0.3 is 0 Å². The van der Waals surface area contributed by atoms with Gasteiger partial charge in [-0.3, -0.25) is 14.5 Å². The molecule has 25 heavy (non-hydrogen) atoms. The van der Waals surface area contributed by atoms with E-state index in [1.54, 1.807) is 12.3 Å². The Morgan fingerprint density at radius 2 is 1.84 bits per heavy atom. The van der Waals surface area contributed by atoms with Crippen LogP contribution in [-0.2, 0) is 11.3 Å². The molecule has 5 nitrogen and oxygen atoms in total. The highest BCUT2D eigenvalue weighted by Crippen LogP contribution is 2.20. The van der Waals surface area contributed by atoms with Crippen molar-refractivity contribution in [2.45, 2.75) is 51.7 Å². The van der Waals surface area contributed by atoms with E-state index in [1.807, 2.05) is 22.8 Å². The van der Waals surface area contributed by atoms with Gasteiger partial charge in [-0.25, -0.2) is 0 Å². The first-order valence-electron chi connectivity index (χ1n) is 8.97. The summed E-state index contributed by atoms with van der Waals surface area (Å²) in [6.45, 7) is 8.94. The van der Waals surface area contributed by atoms with Crippen molar-refractivity contribution < 1.29 is 4.79 Å². The van der Waals surface area contributed by atoms with Gasteiger partial charge in [0.2, 0.25) is 5.91 Å². The van der Waals surface area contributed by atoms with E-state index in [1.165, 1.54) is 6.07 Å². The standard InChI is InChI=1S/C20H27N3O2/c1-20(2,3)23-12-8-15(9-13-23)21-19(25)14-22-11-10-18(24)16-6-4-5-7-17(16)22/h4-7,10-11,15H,8-9,12-14H2,1-3H3,(H,21,25). The number of hydrogen-bond donors (Lipinski definition) is 1. The van der Waals surface area contributed by atoms with Gasteiger partial charge in [0.15, 0.2) is 5.43 Å². The van der Waals surface area contributed by atoms with E-state index in [2.05, 4.69) is 31.0 Å². The summed E-state index contributed by atoms with van der Waals surface area (Å²) < 4.78 is 1.84. The van der Waals surface area contributed by atoms with E-state index in [9.17, 15) is 9.59 Å². The Morgan fingerprint density at radius 1 is 1.16 bits per heavy atom. The van der Waals surface area contributed by atoms with Gasteiger partial charge in [0.25, 0.3) is 0 Å². The van der Waals surface area contributed by atoms with Crippen molar-refractivity contribution >= 4 is 16.8 Å². The van der Waals surface area contributed by atoms with Gasteiger partial charge in [-0.1, -0.05) is 12.1 Å². The molecule has 1 fully saturated rings. The lowest BCUT2D eigenvalue weighted by atomic mass is 9.98. The number of para-hydroxylation sites is 1. The number of hydrogen-bond acceptors (Lipinski definition) is 3. The molecule has 0 saturated carbocycles. The molecular formula is C20H27N3O2. The van der Waals surface area contributed by atoms with Crippen molar-refractivity contribution in [2.24, 2.45) is 0 Å². The number of carbonyl (C=O) groups excluding carboxylic acids is 1. The van der Waals surface area contributed by atoms with Crippen LogP contribution < -0.4 is 10.7 Å². The number of rotatable bonds is 3. The fourth-order valence-corrected chi connectivity index (χ4v) is 3.52. The van der Waals surface area contributed by atoms with E-state index >= 15 is 0 Å². The fraction of sp³-hybridized carbons (Fsp3) is 0.500. The predicted molar refractivity (Wildman–Crippen MR) is 101 cm³/mol. The maximum absolute atomic E-state index is 12.5. The Hall–Kier alpha value is -2.14. The molecule has 0 bridgehead atoms. The zero-order chi connectivity index (χ0) is 18.0. The fourth-order valence-electron chi connectivity index (χ4n) is 3.52. The lowest BCUT2D eigenvalue weighted by Crippen LogP contribution is -2.51. The number of nitrogens with one attached hydrogen (secondary N) is 1. The Morgan fingerprint density at radius 3 is 2.52 bits per heavy atom. The van der Waals surface area contributed by atoms with Crippen LogP contribution in [0, 0.1) is 0 Å². The number of piperidine rings is 1. The molecule has 1 saturated heterocycles. The van der Waals surface area contributed by atoms with Crippen LogP contribution in [0.3, 0.4) is 0 Å². The molecule has 1 N–H and O–H groups in total. The summed E-state index contributed by atoms with van der Waals surface area (Å²) in [7, 11) is 0. The smallest absolute Gasteiger partial charge is 0.240 e. The van der Waals surface area contributed by atoms with Crippen LogP contribution in [0.25, 0.3) is 10.9 Å². The third kappa shape index (κ3) is 4.10. The Kier molecular flexibility index (Phi) is 4.95. The average Bonchev–Trinajstić information content (AvgIpc) is 2.57. The van der Waals surface area contributed by atoms with E-state index in [4.69, 9.17) is 0 Å². The second-order valence-corrected chi connectivity index (χ2v) is 7.82. The monoisotopic (exact) mass is 341 g/mol. The van der Waals surface area contributed by atoms with Gasteiger partial charge in [0.05, 0.1) is 5.52 Å². The third-order valence-electron chi connectivity index (χ3n) is 5.01. The number of fused-ring (bicyclic) bond motifs is 1. The van der Waals surface area contributed by atoms with E-state index < -0.39 is 0 Å². The predicted octanol–water partition coefficient (Wildman–Crippen LogP) is 2.38. The van der Waals surface area contributed by atoms with Crippen molar-refractivity contribution in [3.05, 3.63) is 46.8 Å². The first kappa shape index (κ1) is 17.7. The Balaban J connectivity index is 1.63. The number of nitrogens with zero attached hydrogens (tertiary/aromatic N) is 2. The summed E-state index contributed by atoms with van der Waals surface area (Å²) in [6.07, 6.45) is 3.66. The number of benzene rings is 1. The normalized spacial score (nSPS) is 16.9. The van der Waals surface area contributed by atoms with Crippen LogP contribution in [-0.4, -0.2) is 40.0 Å². The number of likely N-dealkylation sites (tertiary alicyclic amines) is 1. The largest absolute Gasteiger partial charge is 0.352 e. The van der Waals surface area contributed by atoms with E-state index in [-0.39, 0.29) is 29.5 Å². The molecule has 0 aliphatic carbocycles. The molecule has 1 aliphatic heterocycles. The summed E-state index contributed by atoms with van der Waals surface area (Å²) in [4.78, 5) is 26.9. The highest BCUT2D eigenvalue weighted by atomic mass is 16.2. The minimum absolute atomic E-state index is 0.00279. The van der Waals surface area contributed by atoms with Crippen molar-refractivity contribution in [3.8, 4) is 0 Å². The SMILES string of the molecule is CC(C)(C)N1CCC(NC(=O)Cn2ccc(=O)c3ccccc32)CC1. The second kappa shape index (κ2) is 7.00. The minimum Gasteiger partial charge on any atom is -0.352 e. The molecule has 0 atom stereocenters. The van der Waals surface area contributed by atoms with Gasteiger partial charge in [-0.05, 0) is 45.7 Å². The molecule has 0 unspecified atom stereocenters. The first-order chi connectivity index (χ1) is 11.8.